The molecule has 0 aliphatic carbocycles. The summed E-state index contributed by atoms with van der Waals surface area (Å²) < 4.78 is 52.9. The van der Waals surface area contributed by atoms with Crippen LogP contribution in [-0.2, 0) is 13.6 Å². The summed E-state index contributed by atoms with van der Waals surface area (Å²) in [6, 6.07) is 0. The van der Waals surface area contributed by atoms with Gasteiger partial charge in [-0.2, -0.15) is 8.78 Å². The van der Waals surface area contributed by atoms with Crippen LogP contribution >= 0.6 is 7.82 Å². The zero-order valence-corrected chi connectivity index (χ0v) is 7.06. The van der Waals surface area contributed by atoms with Gasteiger partial charge in [-0.1, -0.05) is 0 Å². The molecule has 0 bridgehead atoms. The molecule has 0 aromatic carbocycles. The zero-order valence-electron chi connectivity index (χ0n) is 6.17. The quantitative estimate of drug-likeness (QED) is 0.698. The second-order valence-corrected chi connectivity index (χ2v) is 3.13. The Morgan fingerprint density at radius 1 is 1.58 bits per heavy atom. The Balaban J connectivity index is 4.14. The molecule has 0 heterocycles. The summed E-state index contributed by atoms with van der Waals surface area (Å²) in [7, 11) is -4.82. The van der Waals surface area contributed by atoms with E-state index in [0.717, 1.165) is 0 Å². The first-order chi connectivity index (χ1) is 5.33. The predicted octanol–water partition coefficient (Wildman–Crippen LogP) is 1.70. The highest BCUT2D eigenvalue weighted by Crippen LogP contribution is 2.48. The monoisotopic (exact) mass is 208 g/mol. The molecule has 8 heteroatoms. The van der Waals surface area contributed by atoms with Crippen molar-refractivity contribution >= 4 is 7.82 Å². The fourth-order valence-corrected chi connectivity index (χ4v) is 1.15. The molecule has 0 aromatic rings. The number of rotatable bonds is 5. The normalized spacial score (nSPS) is 17.4. The molecule has 0 spiro atoms. The van der Waals surface area contributed by atoms with Crippen LogP contribution < -0.4 is 0 Å². The van der Waals surface area contributed by atoms with E-state index in [9.17, 15) is 17.7 Å². The molecule has 74 valence electrons. The van der Waals surface area contributed by atoms with Gasteiger partial charge in [0.15, 0.2) is 6.67 Å². The largest absolute Gasteiger partial charge is 0.477 e. The SMILES string of the molecule is CCOP(=O)(O)OC(F)(F)CF. The predicted molar refractivity (Wildman–Crippen MR) is 33.5 cm³/mol. The number of phosphoric acid groups is 1. The van der Waals surface area contributed by atoms with Gasteiger partial charge in [0.1, 0.15) is 0 Å². The average Bonchev–Trinajstić information content (AvgIpc) is 1.85. The van der Waals surface area contributed by atoms with Crippen molar-refractivity contribution in [1.29, 1.82) is 0 Å². The summed E-state index contributed by atoms with van der Waals surface area (Å²) in [5.41, 5.74) is 0. The summed E-state index contributed by atoms with van der Waals surface area (Å²) in [6.07, 6.45) is -4.28. The molecule has 0 aromatic heterocycles. The number of phosphoric ester groups is 1. The van der Waals surface area contributed by atoms with Gasteiger partial charge in [-0.05, 0) is 6.92 Å². The lowest BCUT2D eigenvalue weighted by atomic mass is 10.7. The van der Waals surface area contributed by atoms with Gasteiger partial charge in [-0.3, -0.25) is 4.52 Å². The van der Waals surface area contributed by atoms with Gasteiger partial charge >= 0.3 is 13.9 Å². The van der Waals surface area contributed by atoms with Crippen LogP contribution in [-0.4, -0.2) is 24.3 Å². The van der Waals surface area contributed by atoms with E-state index in [4.69, 9.17) is 4.89 Å². The Kier molecular flexibility index (Phi) is 4.19. The van der Waals surface area contributed by atoms with Crippen molar-refractivity contribution in [3.05, 3.63) is 0 Å². The lowest BCUT2D eigenvalue weighted by molar-refractivity contribution is -0.197. The number of alkyl halides is 3. The Hall–Kier alpha value is -0.100. The highest BCUT2D eigenvalue weighted by molar-refractivity contribution is 7.47. The molecule has 1 unspecified atom stereocenters. The molecule has 0 amide bonds. The van der Waals surface area contributed by atoms with Crippen LogP contribution in [0, 0.1) is 0 Å². The van der Waals surface area contributed by atoms with E-state index in [1.54, 1.807) is 0 Å². The average molecular weight is 208 g/mol. The highest BCUT2D eigenvalue weighted by Gasteiger charge is 2.40. The number of hydrogen-bond acceptors (Lipinski definition) is 3. The standard InChI is InChI=1S/C4H8F3O4P/c1-2-10-12(8,9)11-4(6,7)3-5/h2-3H2,1H3,(H,8,9). The number of hydrogen-bond donors (Lipinski definition) is 1. The second kappa shape index (κ2) is 4.23. The van der Waals surface area contributed by atoms with E-state index in [0.29, 0.717) is 0 Å². The molecule has 12 heavy (non-hydrogen) atoms. The third-order valence-corrected chi connectivity index (χ3v) is 1.78. The van der Waals surface area contributed by atoms with E-state index in [1.165, 1.54) is 6.92 Å². The molecule has 0 aliphatic rings. The van der Waals surface area contributed by atoms with Crippen molar-refractivity contribution in [3.8, 4) is 0 Å². The van der Waals surface area contributed by atoms with E-state index < -0.39 is 20.6 Å². The summed E-state index contributed by atoms with van der Waals surface area (Å²) >= 11 is 0. The van der Waals surface area contributed by atoms with Gasteiger partial charge in [0.05, 0.1) is 6.61 Å². The number of halogens is 3. The van der Waals surface area contributed by atoms with E-state index in [2.05, 4.69) is 9.05 Å². The molecule has 0 saturated carbocycles. The van der Waals surface area contributed by atoms with Crippen LogP contribution in [0.3, 0.4) is 0 Å². The zero-order chi connectivity index (χ0) is 9.83. The van der Waals surface area contributed by atoms with Gasteiger partial charge in [-0.15, -0.1) is 0 Å². The summed E-state index contributed by atoms with van der Waals surface area (Å²) in [4.78, 5) is 8.45. The van der Waals surface area contributed by atoms with Crippen molar-refractivity contribution in [2.24, 2.45) is 0 Å². The van der Waals surface area contributed by atoms with E-state index >= 15 is 0 Å². The molecular formula is C4H8F3O4P. The van der Waals surface area contributed by atoms with Crippen LogP contribution in [0.4, 0.5) is 13.2 Å². The Labute approximate surface area is 66.9 Å². The van der Waals surface area contributed by atoms with Gasteiger partial charge in [0.2, 0.25) is 0 Å². The molecule has 1 N–H and O–H groups in total. The maximum absolute atomic E-state index is 12.0. The first-order valence-corrected chi connectivity index (χ1v) is 4.44. The van der Waals surface area contributed by atoms with E-state index in [-0.39, 0.29) is 6.61 Å². The van der Waals surface area contributed by atoms with Crippen molar-refractivity contribution in [1.82, 2.24) is 0 Å². The van der Waals surface area contributed by atoms with Crippen molar-refractivity contribution in [2.45, 2.75) is 13.0 Å². The van der Waals surface area contributed by atoms with Gasteiger partial charge in [-0.25, -0.2) is 13.5 Å². The molecule has 0 aliphatic heterocycles. The van der Waals surface area contributed by atoms with Crippen LogP contribution in [0.5, 0.6) is 0 Å². The third-order valence-electron chi connectivity index (χ3n) is 0.697. The minimum absolute atomic E-state index is 0.282. The first-order valence-electron chi connectivity index (χ1n) is 2.95. The fraction of sp³-hybridized carbons (Fsp3) is 1.00. The smallest absolute Gasteiger partial charge is 0.302 e. The van der Waals surface area contributed by atoms with Gasteiger partial charge in [0.25, 0.3) is 0 Å². The van der Waals surface area contributed by atoms with Gasteiger partial charge < -0.3 is 4.89 Å². The Morgan fingerprint density at radius 3 is 2.42 bits per heavy atom. The molecule has 0 rings (SSSR count). The van der Waals surface area contributed by atoms with Crippen molar-refractivity contribution < 1.29 is 31.7 Å². The van der Waals surface area contributed by atoms with E-state index in [1.807, 2.05) is 0 Å². The Morgan fingerprint density at radius 2 is 2.08 bits per heavy atom. The van der Waals surface area contributed by atoms with Crippen molar-refractivity contribution in [2.75, 3.05) is 13.3 Å². The lowest BCUT2D eigenvalue weighted by Gasteiger charge is -2.16. The Bertz CT molecular complexity index is 185. The maximum atomic E-state index is 12.0. The third kappa shape index (κ3) is 4.71. The van der Waals surface area contributed by atoms with Crippen LogP contribution in [0.2, 0.25) is 0 Å². The van der Waals surface area contributed by atoms with Crippen molar-refractivity contribution in [3.63, 3.8) is 0 Å². The topological polar surface area (TPSA) is 55.8 Å². The maximum Gasteiger partial charge on any atom is 0.477 e. The first kappa shape index (κ1) is 11.9. The molecule has 0 radical (unpaired) electrons. The summed E-state index contributed by atoms with van der Waals surface area (Å²) in [6.45, 7) is -1.15. The molecular weight excluding hydrogens is 200 g/mol. The molecule has 0 fully saturated rings. The highest BCUT2D eigenvalue weighted by atomic mass is 31.2. The molecule has 1 atom stereocenters. The summed E-state index contributed by atoms with van der Waals surface area (Å²) in [5, 5.41) is 0. The van der Waals surface area contributed by atoms with Crippen LogP contribution in [0.25, 0.3) is 0 Å². The fourth-order valence-electron chi connectivity index (χ4n) is 0.383. The lowest BCUT2D eigenvalue weighted by Crippen LogP contribution is -2.22. The molecule has 4 nitrogen and oxygen atoms in total. The van der Waals surface area contributed by atoms with Gasteiger partial charge in [0, 0.05) is 0 Å². The second-order valence-electron chi connectivity index (χ2n) is 1.75. The minimum atomic E-state index is -4.82. The van der Waals surface area contributed by atoms with Crippen LogP contribution in [0.15, 0.2) is 0 Å². The summed E-state index contributed by atoms with van der Waals surface area (Å²) in [5.74, 6) is 0. The molecule has 0 saturated heterocycles. The van der Waals surface area contributed by atoms with Crippen LogP contribution in [0.1, 0.15) is 6.92 Å². The minimum Gasteiger partial charge on any atom is -0.302 e.